The number of nitrogens with one attached hydrogen (secondary N) is 1. The summed E-state index contributed by atoms with van der Waals surface area (Å²) in [7, 11) is 0. The van der Waals surface area contributed by atoms with E-state index in [0.29, 0.717) is 5.92 Å². The van der Waals surface area contributed by atoms with Crippen LogP contribution in [0.1, 0.15) is 12.8 Å². The summed E-state index contributed by atoms with van der Waals surface area (Å²) in [4.78, 5) is 1.85. The molecule has 2 heterocycles. The van der Waals surface area contributed by atoms with E-state index in [9.17, 15) is 8.78 Å². The van der Waals surface area contributed by atoms with Crippen molar-refractivity contribution in [2.45, 2.75) is 18.8 Å². The van der Waals surface area contributed by atoms with Crippen molar-refractivity contribution in [2.75, 3.05) is 32.7 Å². The molecule has 0 unspecified atom stereocenters. The van der Waals surface area contributed by atoms with Gasteiger partial charge in [-0.05, 0) is 38.4 Å². The van der Waals surface area contributed by atoms with E-state index in [1.165, 1.54) is 6.42 Å². The Hall–Kier alpha value is -0.220. The van der Waals surface area contributed by atoms with Gasteiger partial charge in [-0.25, -0.2) is 8.78 Å². The van der Waals surface area contributed by atoms with E-state index in [2.05, 4.69) is 5.32 Å². The highest BCUT2D eigenvalue weighted by molar-refractivity contribution is 4.87. The number of hydrogen-bond donors (Lipinski definition) is 1. The summed E-state index contributed by atoms with van der Waals surface area (Å²) in [5, 5.41) is 3.28. The molecule has 0 saturated carbocycles. The maximum absolute atomic E-state index is 12.4. The summed E-state index contributed by atoms with van der Waals surface area (Å²) < 4.78 is 24.9. The van der Waals surface area contributed by atoms with E-state index in [4.69, 9.17) is 0 Å². The van der Waals surface area contributed by atoms with Crippen molar-refractivity contribution >= 4 is 0 Å². The van der Waals surface area contributed by atoms with Gasteiger partial charge < -0.3 is 5.32 Å². The molecule has 2 rings (SSSR count). The minimum absolute atomic E-state index is 0.0207. The lowest BCUT2D eigenvalue weighted by Gasteiger charge is -2.39. The molecule has 0 aromatic rings. The Balaban J connectivity index is 1.59. The third-order valence-electron chi connectivity index (χ3n) is 2.93. The van der Waals surface area contributed by atoms with Crippen molar-refractivity contribution in [1.29, 1.82) is 0 Å². The summed E-state index contributed by atoms with van der Waals surface area (Å²) in [5.41, 5.74) is 0. The standard InChI is InChI=1S/C9H16F2N2/c10-9(11)6-13(7-9)4-2-8-1-3-12-5-8/h8,12H,1-7H2/t8-/m1/s1. The third kappa shape index (κ3) is 2.38. The van der Waals surface area contributed by atoms with Crippen LogP contribution in [0.15, 0.2) is 0 Å². The highest BCUT2D eigenvalue weighted by Crippen LogP contribution is 2.27. The summed E-state index contributed by atoms with van der Waals surface area (Å²) in [5.74, 6) is -1.68. The Bertz CT molecular complexity index is 170. The molecule has 1 atom stereocenters. The summed E-state index contributed by atoms with van der Waals surface area (Å²) in [6, 6.07) is 0. The Morgan fingerprint density at radius 3 is 2.69 bits per heavy atom. The van der Waals surface area contributed by atoms with Crippen LogP contribution in [0.5, 0.6) is 0 Å². The van der Waals surface area contributed by atoms with Crippen molar-refractivity contribution in [2.24, 2.45) is 5.92 Å². The van der Waals surface area contributed by atoms with Crippen LogP contribution in [-0.2, 0) is 0 Å². The van der Waals surface area contributed by atoms with Crippen molar-refractivity contribution in [3.05, 3.63) is 0 Å². The molecule has 76 valence electrons. The second-order valence-corrected chi connectivity index (χ2v) is 4.21. The first-order valence-corrected chi connectivity index (χ1v) is 4.97. The lowest BCUT2D eigenvalue weighted by Crippen LogP contribution is -2.56. The van der Waals surface area contributed by atoms with Gasteiger partial charge in [0.25, 0.3) is 5.92 Å². The van der Waals surface area contributed by atoms with E-state index < -0.39 is 5.92 Å². The van der Waals surface area contributed by atoms with E-state index in [1.807, 2.05) is 4.90 Å². The largest absolute Gasteiger partial charge is 0.316 e. The smallest absolute Gasteiger partial charge is 0.272 e. The maximum atomic E-state index is 12.4. The molecule has 0 amide bonds. The van der Waals surface area contributed by atoms with Crippen molar-refractivity contribution < 1.29 is 8.78 Å². The fraction of sp³-hybridized carbons (Fsp3) is 1.00. The molecule has 4 heteroatoms. The topological polar surface area (TPSA) is 15.3 Å². The van der Waals surface area contributed by atoms with Gasteiger partial charge >= 0.3 is 0 Å². The van der Waals surface area contributed by atoms with E-state index in [-0.39, 0.29) is 13.1 Å². The van der Waals surface area contributed by atoms with Crippen LogP contribution in [-0.4, -0.2) is 43.5 Å². The molecule has 2 saturated heterocycles. The van der Waals surface area contributed by atoms with Gasteiger partial charge in [0.15, 0.2) is 0 Å². The lowest BCUT2D eigenvalue weighted by atomic mass is 10.0. The molecule has 2 aliphatic rings. The normalized spacial score (nSPS) is 33.2. The van der Waals surface area contributed by atoms with Gasteiger partial charge in [-0.15, -0.1) is 0 Å². The molecule has 2 aliphatic heterocycles. The fourth-order valence-electron chi connectivity index (χ4n) is 2.09. The third-order valence-corrected chi connectivity index (χ3v) is 2.93. The van der Waals surface area contributed by atoms with Crippen LogP contribution in [0, 0.1) is 5.92 Å². The van der Waals surface area contributed by atoms with Crippen LogP contribution < -0.4 is 5.32 Å². The molecular formula is C9H16F2N2. The number of nitrogens with zero attached hydrogens (tertiary/aromatic N) is 1. The maximum Gasteiger partial charge on any atom is 0.272 e. The van der Waals surface area contributed by atoms with Gasteiger partial charge in [-0.2, -0.15) is 0 Å². The number of alkyl halides is 2. The Labute approximate surface area is 77.3 Å². The molecular weight excluding hydrogens is 174 g/mol. The van der Waals surface area contributed by atoms with Gasteiger partial charge in [0.2, 0.25) is 0 Å². The Morgan fingerprint density at radius 2 is 2.15 bits per heavy atom. The first kappa shape index (κ1) is 9.34. The zero-order valence-corrected chi connectivity index (χ0v) is 7.73. The van der Waals surface area contributed by atoms with Crippen LogP contribution in [0.2, 0.25) is 0 Å². The average molecular weight is 190 g/mol. The molecule has 0 aromatic carbocycles. The van der Waals surface area contributed by atoms with E-state index >= 15 is 0 Å². The van der Waals surface area contributed by atoms with Crippen molar-refractivity contribution in [1.82, 2.24) is 10.2 Å². The predicted molar refractivity (Wildman–Crippen MR) is 47.0 cm³/mol. The van der Waals surface area contributed by atoms with Crippen LogP contribution >= 0.6 is 0 Å². The van der Waals surface area contributed by atoms with E-state index in [0.717, 1.165) is 26.1 Å². The molecule has 1 N–H and O–H groups in total. The quantitative estimate of drug-likeness (QED) is 0.712. The number of likely N-dealkylation sites (tertiary alicyclic amines) is 1. The Kier molecular flexibility index (Phi) is 2.51. The predicted octanol–water partition coefficient (Wildman–Crippen LogP) is 0.937. The number of hydrogen-bond acceptors (Lipinski definition) is 2. The number of halogens is 2. The zero-order chi connectivity index (χ0) is 9.31. The monoisotopic (exact) mass is 190 g/mol. The minimum atomic E-state index is -2.39. The highest BCUT2D eigenvalue weighted by Gasteiger charge is 2.43. The van der Waals surface area contributed by atoms with Crippen LogP contribution in [0.3, 0.4) is 0 Å². The second kappa shape index (κ2) is 3.50. The average Bonchev–Trinajstić information content (AvgIpc) is 2.48. The molecule has 0 aliphatic carbocycles. The Morgan fingerprint density at radius 1 is 1.38 bits per heavy atom. The molecule has 2 nitrogen and oxygen atoms in total. The highest BCUT2D eigenvalue weighted by atomic mass is 19.3. The molecule has 2 fully saturated rings. The van der Waals surface area contributed by atoms with Crippen molar-refractivity contribution in [3.63, 3.8) is 0 Å². The van der Waals surface area contributed by atoms with Gasteiger partial charge in [0.05, 0.1) is 13.1 Å². The second-order valence-electron chi connectivity index (χ2n) is 4.21. The zero-order valence-electron chi connectivity index (χ0n) is 7.73. The summed E-state index contributed by atoms with van der Waals surface area (Å²) in [6.07, 6.45) is 2.29. The van der Waals surface area contributed by atoms with Crippen LogP contribution in [0.4, 0.5) is 8.78 Å². The van der Waals surface area contributed by atoms with Gasteiger partial charge in [-0.3, -0.25) is 4.90 Å². The molecule has 0 bridgehead atoms. The SMILES string of the molecule is FC1(F)CN(CC[C@H]2CCNC2)C1. The molecule has 0 aromatic heterocycles. The number of rotatable bonds is 3. The first-order chi connectivity index (χ1) is 6.16. The molecule has 0 spiro atoms. The summed E-state index contributed by atoms with van der Waals surface area (Å²) >= 11 is 0. The van der Waals surface area contributed by atoms with E-state index in [1.54, 1.807) is 0 Å². The van der Waals surface area contributed by atoms with Gasteiger partial charge in [0, 0.05) is 0 Å². The summed E-state index contributed by atoms with van der Waals surface area (Å²) in [6.45, 7) is 2.98. The molecule has 13 heavy (non-hydrogen) atoms. The van der Waals surface area contributed by atoms with Crippen LogP contribution in [0.25, 0.3) is 0 Å². The first-order valence-electron chi connectivity index (χ1n) is 4.97. The minimum Gasteiger partial charge on any atom is -0.316 e. The molecule has 0 radical (unpaired) electrons. The fourth-order valence-corrected chi connectivity index (χ4v) is 2.09. The van der Waals surface area contributed by atoms with Gasteiger partial charge in [-0.1, -0.05) is 0 Å². The lowest BCUT2D eigenvalue weighted by molar-refractivity contribution is -0.131. The van der Waals surface area contributed by atoms with Crippen molar-refractivity contribution in [3.8, 4) is 0 Å². The van der Waals surface area contributed by atoms with Gasteiger partial charge in [0.1, 0.15) is 0 Å².